The molecule has 1 aromatic carbocycles. The summed E-state index contributed by atoms with van der Waals surface area (Å²) in [5.41, 5.74) is 1.07. The molecule has 1 aliphatic rings. The highest BCUT2D eigenvalue weighted by Crippen LogP contribution is 2.17. The van der Waals surface area contributed by atoms with Gasteiger partial charge in [0.2, 0.25) is 5.91 Å². The molecule has 0 saturated heterocycles. The number of amides is 1. The van der Waals surface area contributed by atoms with Crippen molar-refractivity contribution in [3.05, 3.63) is 30.3 Å². The van der Waals surface area contributed by atoms with E-state index in [0.717, 1.165) is 18.5 Å². The molecule has 0 aliphatic heterocycles. The molecule has 2 rings (SSSR count). The van der Waals surface area contributed by atoms with Crippen molar-refractivity contribution in [3.8, 4) is 0 Å². The van der Waals surface area contributed by atoms with Gasteiger partial charge in [0.05, 0.1) is 0 Å². The smallest absolute Gasteiger partial charge is 0.221 e. The van der Waals surface area contributed by atoms with Gasteiger partial charge in [0.25, 0.3) is 0 Å². The summed E-state index contributed by atoms with van der Waals surface area (Å²) in [6.45, 7) is 0.697. The Balaban J connectivity index is 1.64. The summed E-state index contributed by atoms with van der Waals surface area (Å²) >= 11 is 0. The van der Waals surface area contributed by atoms with E-state index >= 15 is 0 Å². The van der Waals surface area contributed by atoms with Crippen molar-refractivity contribution in [2.24, 2.45) is 0 Å². The molecule has 104 valence electrons. The van der Waals surface area contributed by atoms with E-state index in [1.54, 1.807) is 0 Å². The van der Waals surface area contributed by atoms with E-state index in [0.29, 0.717) is 19.0 Å². The van der Waals surface area contributed by atoms with Gasteiger partial charge in [-0.05, 0) is 25.0 Å². The van der Waals surface area contributed by atoms with E-state index in [1.165, 1.54) is 25.7 Å². The maximum Gasteiger partial charge on any atom is 0.221 e. The third kappa shape index (κ3) is 5.33. The third-order valence-corrected chi connectivity index (χ3v) is 3.68. The van der Waals surface area contributed by atoms with Crippen LogP contribution in [0.4, 0.5) is 5.69 Å². The highest BCUT2D eigenvalue weighted by atomic mass is 16.1. The van der Waals surface area contributed by atoms with E-state index in [2.05, 4.69) is 10.6 Å². The van der Waals surface area contributed by atoms with Crippen LogP contribution in [0.3, 0.4) is 0 Å². The lowest BCUT2D eigenvalue weighted by atomic mass is 10.1. The Labute approximate surface area is 115 Å². The van der Waals surface area contributed by atoms with E-state index < -0.39 is 0 Å². The van der Waals surface area contributed by atoms with Crippen molar-refractivity contribution in [2.75, 3.05) is 11.9 Å². The summed E-state index contributed by atoms with van der Waals surface area (Å²) in [7, 11) is 0. The number of hydrogen-bond donors (Lipinski definition) is 2. The third-order valence-electron chi connectivity index (χ3n) is 3.68. The van der Waals surface area contributed by atoms with Crippen molar-refractivity contribution < 1.29 is 4.79 Å². The molecule has 19 heavy (non-hydrogen) atoms. The van der Waals surface area contributed by atoms with Crippen LogP contribution in [0.1, 0.15) is 44.9 Å². The first kappa shape index (κ1) is 13.9. The van der Waals surface area contributed by atoms with Crippen LogP contribution in [0, 0.1) is 0 Å². The second-order valence-electron chi connectivity index (χ2n) is 5.30. The van der Waals surface area contributed by atoms with Crippen LogP contribution in [-0.2, 0) is 4.79 Å². The molecule has 1 amide bonds. The first-order chi connectivity index (χ1) is 9.34. The van der Waals surface area contributed by atoms with Gasteiger partial charge in [0, 0.05) is 24.7 Å². The minimum absolute atomic E-state index is 0.176. The van der Waals surface area contributed by atoms with Crippen molar-refractivity contribution in [1.29, 1.82) is 0 Å². The second kappa shape index (κ2) is 7.82. The first-order valence-electron chi connectivity index (χ1n) is 7.43. The summed E-state index contributed by atoms with van der Waals surface area (Å²) < 4.78 is 0. The molecule has 0 radical (unpaired) electrons. The standard InChI is InChI=1S/C16H24N2O/c19-16(18-15-10-4-1-2-5-11-15)12-13-17-14-8-6-3-7-9-14/h3,6-9,15,17H,1-2,4-5,10-13H2,(H,18,19). The number of carbonyl (C=O) groups is 1. The van der Waals surface area contributed by atoms with Gasteiger partial charge in [-0.15, -0.1) is 0 Å². The van der Waals surface area contributed by atoms with Crippen LogP contribution in [0.5, 0.6) is 0 Å². The molecule has 0 heterocycles. The first-order valence-corrected chi connectivity index (χ1v) is 7.43. The van der Waals surface area contributed by atoms with Gasteiger partial charge in [0.15, 0.2) is 0 Å². The van der Waals surface area contributed by atoms with Crippen molar-refractivity contribution >= 4 is 11.6 Å². The molecular weight excluding hydrogens is 236 g/mol. The minimum Gasteiger partial charge on any atom is -0.385 e. The van der Waals surface area contributed by atoms with E-state index in [1.807, 2.05) is 30.3 Å². The second-order valence-corrected chi connectivity index (χ2v) is 5.30. The number of anilines is 1. The van der Waals surface area contributed by atoms with Crippen LogP contribution in [0.2, 0.25) is 0 Å². The Hall–Kier alpha value is -1.51. The normalized spacial score (nSPS) is 16.6. The molecule has 3 nitrogen and oxygen atoms in total. The van der Waals surface area contributed by atoms with Gasteiger partial charge in [-0.3, -0.25) is 4.79 Å². The summed E-state index contributed by atoms with van der Waals surface area (Å²) in [4.78, 5) is 11.9. The zero-order valence-corrected chi connectivity index (χ0v) is 11.5. The van der Waals surface area contributed by atoms with Crippen LogP contribution < -0.4 is 10.6 Å². The van der Waals surface area contributed by atoms with Gasteiger partial charge >= 0.3 is 0 Å². The number of carbonyl (C=O) groups excluding carboxylic acids is 1. The lowest BCUT2D eigenvalue weighted by Crippen LogP contribution is -2.35. The number of hydrogen-bond acceptors (Lipinski definition) is 2. The molecule has 0 atom stereocenters. The molecule has 1 fully saturated rings. The van der Waals surface area contributed by atoms with Gasteiger partial charge in [-0.1, -0.05) is 43.9 Å². The van der Waals surface area contributed by atoms with Crippen molar-refractivity contribution in [3.63, 3.8) is 0 Å². The molecule has 0 aromatic heterocycles. The molecule has 2 N–H and O–H groups in total. The lowest BCUT2D eigenvalue weighted by molar-refractivity contribution is -0.121. The SMILES string of the molecule is O=C(CCNc1ccccc1)NC1CCCCCC1. The van der Waals surface area contributed by atoms with Crippen LogP contribution >= 0.6 is 0 Å². The number of benzene rings is 1. The topological polar surface area (TPSA) is 41.1 Å². The highest BCUT2D eigenvalue weighted by Gasteiger charge is 2.14. The molecule has 0 unspecified atom stereocenters. The number of rotatable bonds is 5. The molecule has 1 aromatic rings. The van der Waals surface area contributed by atoms with E-state index in [9.17, 15) is 4.79 Å². The predicted molar refractivity (Wildman–Crippen MR) is 79.2 cm³/mol. The summed E-state index contributed by atoms with van der Waals surface area (Å²) in [6, 6.07) is 10.4. The van der Waals surface area contributed by atoms with Crippen LogP contribution in [0.25, 0.3) is 0 Å². The van der Waals surface area contributed by atoms with Crippen LogP contribution in [0.15, 0.2) is 30.3 Å². The van der Waals surface area contributed by atoms with E-state index in [4.69, 9.17) is 0 Å². The zero-order chi connectivity index (χ0) is 13.3. The summed E-state index contributed by atoms with van der Waals surface area (Å²) in [6.07, 6.45) is 8.01. The summed E-state index contributed by atoms with van der Waals surface area (Å²) in [5.74, 6) is 0.176. The maximum absolute atomic E-state index is 11.9. The Morgan fingerprint density at radius 3 is 2.42 bits per heavy atom. The van der Waals surface area contributed by atoms with Crippen LogP contribution in [-0.4, -0.2) is 18.5 Å². The molecule has 1 aliphatic carbocycles. The molecular formula is C16H24N2O. The molecule has 0 spiro atoms. The Bertz CT molecular complexity index is 370. The Morgan fingerprint density at radius 1 is 1.05 bits per heavy atom. The fraction of sp³-hybridized carbons (Fsp3) is 0.562. The molecule has 0 bridgehead atoms. The largest absolute Gasteiger partial charge is 0.385 e. The number of nitrogens with one attached hydrogen (secondary N) is 2. The van der Waals surface area contributed by atoms with E-state index in [-0.39, 0.29) is 5.91 Å². The van der Waals surface area contributed by atoms with Gasteiger partial charge in [0.1, 0.15) is 0 Å². The molecule has 1 saturated carbocycles. The Morgan fingerprint density at radius 2 is 1.74 bits per heavy atom. The Kier molecular flexibility index (Phi) is 5.73. The lowest BCUT2D eigenvalue weighted by Gasteiger charge is -2.16. The fourth-order valence-corrected chi connectivity index (χ4v) is 2.60. The quantitative estimate of drug-likeness (QED) is 0.797. The van der Waals surface area contributed by atoms with Crippen molar-refractivity contribution in [2.45, 2.75) is 51.0 Å². The minimum atomic E-state index is 0.176. The average molecular weight is 260 g/mol. The highest BCUT2D eigenvalue weighted by molar-refractivity contribution is 5.76. The fourth-order valence-electron chi connectivity index (χ4n) is 2.60. The number of para-hydroxylation sites is 1. The predicted octanol–water partition coefficient (Wildman–Crippen LogP) is 3.33. The maximum atomic E-state index is 11.9. The van der Waals surface area contributed by atoms with Gasteiger partial charge in [-0.2, -0.15) is 0 Å². The summed E-state index contributed by atoms with van der Waals surface area (Å²) in [5, 5.41) is 6.43. The van der Waals surface area contributed by atoms with Crippen molar-refractivity contribution in [1.82, 2.24) is 5.32 Å². The monoisotopic (exact) mass is 260 g/mol. The zero-order valence-electron chi connectivity index (χ0n) is 11.5. The van der Waals surface area contributed by atoms with Gasteiger partial charge < -0.3 is 10.6 Å². The van der Waals surface area contributed by atoms with Gasteiger partial charge in [-0.25, -0.2) is 0 Å². The molecule has 3 heteroatoms. The average Bonchev–Trinajstić information content (AvgIpc) is 2.68.